The number of aromatic nitrogens is 1. The van der Waals surface area contributed by atoms with E-state index >= 15 is 0 Å². The third kappa shape index (κ3) is 0.630. The fourth-order valence-corrected chi connectivity index (χ4v) is 2.48. The molecule has 0 aromatic carbocycles. The van der Waals surface area contributed by atoms with E-state index in [9.17, 15) is 0 Å². The number of rotatable bonds is 1. The molecule has 1 fully saturated rings. The van der Waals surface area contributed by atoms with Crippen LogP contribution in [-0.2, 0) is 6.42 Å². The molecule has 1 N–H and O–H groups in total. The summed E-state index contributed by atoms with van der Waals surface area (Å²) in [6, 6.07) is 0.499. The van der Waals surface area contributed by atoms with E-state index in [-0.39, 0.29) is 0 Å². The fourth-order valence-electron chi connectivity index (χ4n) is 2.48. The molecule has 1 aromatic rings. The summed E-state index contributed by atoms with van der Waals surface area (Å²) in [6.07, 6.45) is 5.63. The molecule has 1 heterocycles. The van der Waals surface area contributed by atoms with Crippen molar-refractivity contribution in [2.45, 2.75) is 25.3 Å². The Balaban J connectivity index is 2.07. The van der Waals surface area contributed by atoms with Gasteiger partial charge in [0.25, 0.3) is 0 Å². The molecule has 3 nitrogen and oxygen atoms in total. The third-order valence-electron chi connectivity index (χ3n) is 3.29. The summed E-state index contributed by atoms with van der Waals surface area (Å²) in [6.45, 7) is 0. The zero-order valence-corrected chi connectivity index (χ0v) is 7.13. The van der Waals surface area contributed by atoms with Crippen molar-refractivity contribution in [2.24, 2.45) is 5.41 Å². The smallest absolute Gasteiger partial charge is 0.142 e. The number of fused-ring (bicyclic) bond motifs is 1. The van der Waals surface area contributed by atoms with Gasteiger partial charge < -0.3 is 9.84 Å². The van der Waals surface area contributed by atoms with E-state index < -0.39 is 0 Å². The molecule has 1 atom stereocenters. The molecule has 12 heavy (non-hydrogen) atoms. The normalized spacial score (nSPS) is 29.2. The maximum atomic E-state index is 5.19. The van der Waals surface area contributed by atoms with Crippen molar-refractivity contribution in [3.8, 4) is 0 Å². The fraction of sp³-hybridized carbons (Fsp3) is 0.667. The van der Waals surface area contributed by atoms with Crippen LogP contribution in [0.3, 0.4) is 0 Å². The molecule has 3 rings (SSSR count). The van der Waals surface area contributed by atoms with Gasteiger partial charge in [-0.2, -0.15) is 0 Å². The van der Waals surface area contributed by atoms with Crippen molar-refractivity contribution in [2.75, 3.05) is 7.05 Å². The second-order valence-electron chi connectivity index (χ2n) is 3.97. The number of nitrogens with zero attached hydrogens (tertiary/aromatic N) is 1. The van der Waals surface area contributed by atoms with E-state index in [1.807, 2.05) is 13.2 Å². The van der Waals surface area contributed by atoms with Gasteiger partial charge in [-0.15, -0.1) is 0 Å². The number of hydrogen-bond donors (Lipinski definition) is 1. The van der Waals surface area contributed by atoms with Crippen LogP contribution in [0.4, 0.5) is 0 Å². The Bertz CT molecular complexity index is 314. The van der Waals surface area contributed by atoms with Crippen LogP contribution in [0.25, 0.3) is 0 Å². The Kier molecular flexibility index (Phi) is 1.06. The lowest BCUT2D eigenvalue weighted by atomic mass is 9.98. The minimum atomic E-state index is 0.499. The summed E-state index contributed by atoms with van der Waals surface area (Å²) in [5.74, 6) is 1.10. The van der Waals surface area contributed by atoms with E-state index in [1.54, 1.807) is 0 Å². The van der Waals surface area contributed by atoms with Crippen LogP contribution in [-0.4, -0.2) is 12.2 Å². The van der Waals surface area contributed by atoms with Crippen molar-refractivity contribution >= 4 is 0 Å². The number of hydrogen-bond acceptors (Lipinski definition) is 3. The highest BCUT2D eigenvalue weighted by Gasteiger charge is 2.55. The Morgan fingerprint density at radius 2 is 2.50 bits per heavy atom. The first kappa shape index (κ1) is 6.66. The van der Waals surface area contributed by atoms with Gasteiger partial charge in [0.2, 0.25) is 0 Å². The first-order valence-corrected chi connectivity index (χ1v) is 4.46. The minimum absolute atomic E-state index is 0.499. The van der Waals surface area contributed by atoms with Gasteiger partial charge in [0, 0.05) is 18.0 Å². The molecule has 1 aromatic heterocycles. The largest absolute Gasteiger partial charge is 0.361 e. The predicted octanol–water partition coefficient (Wildman–Crippen LogP) is 1.27. The molecule has 64 valence electrons. The summed E-state index contributed by atoms with van der Waals surface area (Å²) in [4.78, 5) is 0. The molecular formula is C9H12N2O. The molecular weight excluding hydrogens is 152 g/mol. The van der Waals surface area contributed by atoms with Crippen LogP contribution in [0.15, 0.2) is 10.7 Å². The predicted molar refractivity (Wildman–Crippen MR) is 43.7 cm³/mol. The SMILES string of the molecule is CNC1c2cnoc2CC12CC2. The summed E-state index contributed by atoms with van der Waals surface area (Å²) in [5.41, 5.74) is 1.79. The molecule has 1 unspecified atom stereocenters. The van der Waals surface area contributed by atoms with Crippen LogP contribution in [0.1, 0.15) is 30.2 Å². The summed E-state index contributed by atoms with van der Waals surface area (Å²) in [7, 11) is 2.02. The van der Waals surface area contributed by atoms with E-state index in [1.165, 1.54) is 18.4 Å². The van der Waals surface area contributed by atoms with Gasteiger partial charge >= 0.3 is 0 Å². The summed E-state index contributed by atoms with van der Waals surface area (Å²) in [5, 5.41) is 7.18. The molecule has 1 spiro atoms. The Hall–Kier alpha value is -0.830. The Labute approximate surface area is 71.1 Å². The van der Waals surface area contributed by atoms with Gasteiger partial charge in [0.1, 0.15) is 5.76 Å². The van der Waals surface area contributed by atoms with E-state index in [2.05, 4.69) is 10.5 Å². The molecule has 0 bridgehead atoms. The van der Waals surface area contributed by atoms with Gasteiger partial charge in [-0.25, -0.2) is 0 Å². The van der Waals surface area contributed by atoms with Crippen LogP contribution < -0.4 is 5.32 Å². The van der Waals surface area contributed by atoms with E-state index in [0.29, 0.717) is 11.5 Å². The molecule has 0 aliphatic heterocycles. The van der Waals surface area contributed by atoms with Crippen molar-refractivity contribution in [1.29, 1.82) is 0 Å². The third-order valence-corrected chi connectivity index (χ3v) is 3.29. The van der Waals surface area contributed by atoms with Crippen LogP contribution >= 0.6 is 0 Å². The van der Waals surface area contributed by atoms with Crippen molar-refractivity contribution in [3.63, 3.8) is 0 Å². The average Bonchev–Trinajstić information content (AvgIpc) is 2.53. The second kappa shape index (κ2) is 1.91. The molecule has 1 saturated carbocycles. The molecule has 2 aliphatic rings. The first-order chi connectivity index (χ1) is 5.86. The molecule has 0 saturated heterocycles. The van der Waals surface area contributed by atoms with E-state index in [0.717, 1.165) is 12.2 Å². The zero-order chi connectivity index (χ0) is 8.18. The van der Waals surface area contributed by atoms with Crippen LogP contribution in [0.5, 0.6) is 0 Å². The van der Waals surface area contributed by atoms with E-state index in [4.69, 9.17) is 4.52 Å². The Morgan fingerprint density at radius 3 is 3.17 bits per heavy atom. The maximum Gasteiger partial charge on any atom is 0.142 e. The molecule has 3 heteroatoms. The Morgan fingerprint density at radius 1 is 1.67 bits per heavy atom. The minimum Gasteiger partial charge on any atom is -0.361 e. The van der Waals surface area contributed by atoms with Crippen molar-refractivity contribution < 1.29 is 4.52 Å². The average molecular weight is 164 g/mol. The van der Waals surface area contributed by atoms with Crippen LogP contribution in [0.2, 0.25) is 0 Å². The first-order valence-electron chi connectivity index (χ1n) is 4.46. The quantitative estimate of drug-likeness (QED) is 0.679. The maximum absolute atomic E-state index is 5.19. The lowest BCUT2D eigenvalue weighted by Crippen LogP contribution is -2.22. The monoisotopic (exact) mass is 164 g/mol. The zero-order valence-electron chi connectivity index (χ0n) is 7.13. The standard InChI is InChI=1S/C9H12N2O/c1-10-8-6-5-11-12-7(6)4-9(8)2-3-9/h5,8,10H,2-4H2,1H3. The number of nitrogens with one attached hydrogen (secondary N) is 1. The van der Waals surface area contributed by atoms with Gasteiger partial charge in [-0.05, 0) is 25.3 Å². The topological polar surface area (TPSA) is 38.1 Å². The second-order valence-corrected chi connectivity index (χ2v) is 3.97. The molecule has 0 amide bonds. The van der Waals surface area contributed by atoms with Gasteiger partial charge in [0.15, 0.2) is 0 Å². The molecule has 0 radical (unpaired) electrons. The van der Waals surface area contributed by atoms with Crippen molar-refractivity contribution in [1.82, 2.24) is 10.5 Å². The van der Waals surface area contributed by atoms with Gasteiger partial charge in [-0.3, -0.25) is 0 Å². The highest BCUT2D eigenvalue weighted by atomic mass is 16.5. The summed E-state index contributed by atoms with van der Waals surface area (Å²) >= 11 is 0. The lowest BCUT2D eigenvalue weighted by molar-refractivity contribution is 0.339. The van der Waals surface area contributed by atoms with Crippen LogP contribution in [0, 0.1) is 5.41 Å². The van der Waals surface area contributed by atoms with Gasteiger partial charge in [-0.1, -0.05) is 5.16 Å². The highest BCUT2D eigenvalue weighted by molar-refractivity contribution is 5.32. The highest BCUT2D eigenvalue weighted by Crippen LogP contribution is 2.61. The summed E-state index contributed by atoms with van der Waals surface area (Å²) < 4.78 is 5.19. The lowest BCUT2D eigenvalue weighted by Gasteiger charge is -2.16. The molecule has 2 aliphatic carbocycles. The van der Waals surface area contributed by atoms with Crippen molar-refractivity contribution in [3.05, 3.63) is 17.5 Å². The van der Waals surface area contributed by atoms with Gasteiger partial charge in [0.05, 0.1) is 6.20 Å².